The lowest BCUT2D eigenvalue weighted by atomic mass is 10.0. The van der Waals surface area contributed by atoms with Gasteiger partial charge in [-0.15, -0.1) is 0 Å². The average molecular weight is 942 g/mol. The monoisotopic (exact) mass is 942 g/mol. The maximum atomic E-state index is 13.0. The molecule has 66 heavy (non-hydrogen) atoms. The number of allylic oxidation sites excluding steroid dienone is 16. The van der Waals surface area contributed by atoms with Gasteiger partial charge in [-0.25, -0.2) is 4.57 Å². The van der Waals surface area contributed by atoms with E-state index >= 15 is 0 Å². The van der Waals surface area contributed by atoms with Gasteiger partial charge in [-0.2, -0.15) is 0 Å². The molecule has 0 aliphatic heterocycles. The number of nitrogens with one attached hydrogen (secondary N) is 1. The molecule has 3 unspecified atom stereocenters. The van der Waals surface area contributed by atoms with Gasteiger partial charge in [0.05, 0.1) is 39.9 Å². The largest absolute Gasteiger partial charge is 0.472 e. The number of carbonyl (C=O) groups is 1. The normalized spacial score (nSPS) is 14.8. The predicted molar refractivity (Wildman–Crippen MR) is 286 cm³/mol. The van der Waals surface area contributed by atoms with E-state index < -0.39 is 20.0 Å². The molecule has 380 valence electrons. The standard InChI is InChI=1S/C57H101N2O6P/c1-6-8-10-12-14-16-18-20-22-24-25-26-27-28-29-30-31-32-33-35-37-39-41-43-45-47-49-51-57(61)58-55(54-65-66(62,63)64-53-52-59(3,4)5)56(60)50-48-46-44-42-40-38-36-34-23-21-19-17-15-13-11-9-7-2/h8,10,14,16,20,22,25-26,28-29,31-32,35,37,41,43,55-56,60H,6-7,9,11-13,15,17-19,21,23-24,27,30,33-34,36,38-40,42,44-54H2,1-5H3,(H-,58,61,62,63)/p+1/b10-8-,16-14-,22-20-,26-25-,29-28-,32-31-,37-35-,43-41-. The third-order valence-electron chi connectivity index (χ3n) is 11.3. The van der Waals surface area contributed by atoms with Crippen LogP contribution in [0.2, 0.25) is 0 Å². The number of unbranched alkanes of at least 4 members (excludes halogenated alkanes) is 18. The molecule has 0 aromatic heterocycles. The number of quaternary nitrogens is 1. The molecule has 0 rings (SSSR count). The first-order valence-electron chi connectivity index (χ1n) is 26.6. The Morgan fingerprint density at radius 1 is 0.530 bits per heavy atom. The molecule has 0 aromatic rings. The van der Waals surface area contributed by atoms with Crippen molar-refractivity contribution < 1.29 is 32.9 Å². The molecule has 0 aromatic carbocycles. The first-order chi connectivity index (χ1) is 32.0. The van der Waals surface area contributed by atoms with E-state index in [0.29, 0.717) is 30.3 Å². The fraction of sp³-hybridized carbons (Fsp3) is 0.702. The quantitative estimate of drug-likeness (QED) is 0.0243. The van der Waals surface area contributed by atoms with Crippen molar-refractivity contribution in [3.05, 3.63) is 97.2 Å². The number of amides is 1. The van der Waals surface area contributed by atoms with Crippen molar-refractivity contribution in [2.24, 2.45) is 0 Å². The molecule has 3 atom stereocenters. The first kappa shape index (κ1) is 63.4. The minimum Gasteiger partial charge on any atom is -0.391 e. The molecule has 3 N–H and O–H groups in total. The summed E-state index contributed by atoms with van der Waals surface area (Å²) in [5.74, 6) is -0.190. The number of aliphatic hydroxyl groups excluding tert-OH is 1. The molecule has 0 aliphatic carbocycles. The number of hydrogen-bond acceptors (Lipinski definition) is 5. The van der Waals surface area contributed by atoms with Crippen molar-refractivity contribution in [2.75, 3.05) is 40.9 Å². The molecule has 9 heteroatoms. The minimum absolute atomic E-state index is 0.0607. The van der Waals surface area contributed by atoms with Gasteiger partial charge in [-0.1, -0.05) is 220 Å². The van der Waals surface area contributed by atoms with Crippen LogP contribution in [0.4, 0.5) is 0 Å². The van der Waals surface area contributed by atoms with Gasteiger partial charge in [0.2, 0.25) is 5.91 Å². The Morgan fingerprint density at radius 3 is 1.30 bits per heavy atom. The van der Waals surface area contributed by atoms with Crippen molar-refractivity contribution in [3.8, 4) is 0 Å². The molecule has 0 bridgehead atoms. The van der Waals surface area contributed by atoms with E-state index in [9.17, 15) is 19.4 Å². The first-order valence-corrected chi connectivity index (χ1v) is 28.1. The molecule has 0 radical (unpaired) electrons. The van der Waals surface area contributed by atoms with E-state index in [4.69, 9.17) is 9.05 Å². The third kappa shape index (κ3) is 49.3. The highest BCUT2D eigenvalue weighted by Gasteiger charge is 2.28. The van der Waals surface area contributed by atoms with E-state index in [1.807, 2.05) is 21.1 Å². The minimum atomic E-state index is -4.34. The second kappa shape index (κ2) is 47.5. The molecule has 0 heterocycles. The van der Waals surface area contributed by atoms with Crippen molar-refractivity contribution in [1.82, 2.24) is 5.32 Å². The molecule has 0 aliphatic rings. The Hall–Kier alpha value is -2.58. The van der Waals surface area contributed by atoms with Crippen molar-refractivity contribution in [1.29, 1.82) is 0 Å². The zero-order valence-corrected chi connectivity index (χ0v) is 44.0. The lowest BCUT2D eigenvalue weighted by Gasteiger charge is -2.26. The molecule has 0 spiro atoms. The number of aliphatic hydroxyl groups is 1. The van der Waals surface area contributed by atoms with Crippen molar-refractivity contribution in [3.63, 3.8) is 0 Å². The van der Waals surface area contributed by atoms with Gasteiger partial charge in [0, 0.05) is 6.42 Å². The third-order valence-corrected chi connectivity index (χ3v) is 12.3. The van der Waals surface area contributed by atoms with Gasteiger partial charge >= 0.3 is 7.82 Å². The Kier molecular flexibility index (Phi) is 45.6. The second-order valence-electron chi connectivity index (χ2n) is 18.9. The van der Waals surface area contributed by atoms with Gasteiger partial charge in [-0.05, 0) is 77.0 Å². The summed E-state index contributed by atoms with van der Waals surface area (Å²) in [5.41, 5.74) is 0. The van der Waals surface area contributed by atoms with Crippen LogP contribution >= 0.6 is 7.82 Å². The number of phosphoric ester groups is 1. The van der Waals surface area contributed by atoms with Crippen LogP contribution in [0.5, 0.6) is 0 Å². The number of hydrogen-bond donors (Lipinski definition) is 3. The number of likely N-dealkylation sites (N-methyl/N-ethyl adjacent to an activating group) is 1. The van der Waals surface area contributed by atoms with Crippen molar-refractivity contribution in [2.45, 2.75) is 219 Å². The Morgan fingerprint density at radius 2 is 0.909 bits per heavy atom. The van der Waals surface area contributed by atoms with Crippen LogP contribution in [0.3, 0.4) is 0 Å². The molecule has 8 nitrogen and oxygen atoms in total. The second-order valence-corrected chi connectivity index (χ2v) is 20.3. The summed E-state index contributed by atoms with van der Waals surface area (Å²) in [5, 5.41) is 14.0. The summed E-state index contributed by atoms with van der Waals surface area (Å²) < 4.78 is 23.7. The van der Waals surface area contributed by atoms with E-state index in [1.165, 1.54) is 89.9 Å². The number of rotatable bonds is 47. The predicted octanol–water partition coefficient (Wildman–Crippen LogP) is 15.9. The highest BCUT2D eigenvalue weighted by Crippen LogP contribution is 2.43. The van der Waals surface area contributed by atoms with E-state index in [-0.39, 0.29) is 19.1 Å². The summed E-state index contributed by atoms with van der Waals surface area (Å²) in [4.78, 5) is 23.3. The number of nitrogens with zero attached hydrogens (tertiary/aromatic N) is 1. The van der Waals surface area contributed by atoms with Crippen LogP contribution in [0.25, 0.3) is 0 Å². The van der Waals surface area contributed by atoms with E-state index in [0.717, 1.165) is 83.5 Å². The summed E-state index contributed by atoms with van der Waals surface area (Å²) >= 11 is 0. The fourth-order valence-corrected chi connectivity index (χ4v) is 7.91. The van der Waals surface area contributed by atoms with Crippen molar-refractivity contribution >= 4 is 13.7 Å². The molecular formula is C57H102N2O6P+. The van der Waals surface area contributed by atoms with Gasteiger partial charge in [0.15, 0.2) is 0 Å². The van der Waals surface area contributed by atoms with Crippen LogP contribution in [0.1, 0.15) is 206 Å². The summed E-state index contributed by atoms with van der Waals surface area (Å²) in [6.07, 6.45) is 67.3. The fourth-order valence-electron chi connectivity index (χ4n) is 7.18. The number of carbonyl (C=O) groups excluding carboxylic acids is 1. The van der Waals surface area contributed by atoms with Gasteiger partial charge in [0.25, 0.3) is 0 Å². The smallest absolute Gasteiger partial charge is 0.391 e. The van der Waals surface area contributed by atoms with Crippen LogP contribution in [0.15, 0.2) is 97.2 Å². The Labute approximate surface area is 407 Å². The maximum Gasteiger partial charge on any atom is 0.472 e. The molecule has 0 saturated heterocycles. The number of phosphoric acid groups is 1. The topological polar surface area (TPSA) is 105 Å². The molecule has 0 fully saturated rings. The maximum absolute atomic E-state index is 13.0. The van der Waals surface area contributed by atoms with Crippen LogP contribution < -0.4 is 5.32 Å². The zero-order valence-electron chi connectivity index (χ0n) is 43.1. The molecular weight excluding hydrogens is 840 g/mol. The van der Waals surface area contributed by atoms with Crippen LogP contribution in [-0.2, 0) is 18.4 Å². The highest BCUT2D eigenvalue weighted by molar-refractivity contribution is 7.47. The Balaban J connectivity index is 4.36. The zero-order chi connectivity index (χ0) is 48.5. The van der Waals surface area contributed by atoms with Gasteiger partial charge in [-0.3, -0.25) is 13.8 Å². The Bertz CT molecular complexity index is 1390. The van der Waals surface area contributed by atoms with Crippen LogP contribution in [-0.4, -0.2) is 73.4 Å². The van der Waals surface area contributed by atoms with Crippen LogP contribution in [0, 0.1) is 0 Å². The summed E-state index contributed by atoms with van der Waals surface area (Å²) in [6, 6.07) is -0.791. The average Bonchev–Trinajstić information content (AvgIpc) is 3.28. The SMILES string of the molecule is CC/C=C\C/C=C\C/C=C\C/C=C\C/C=C\C/C=C\C/C=C\C/C=C\CCCCC(=O)NC(COP(=O)(O)OCC[N+](C)(C)C)C(O)CCCCCCCCCCCCCCCCCCC. The lowest BCUT2D eigenvalue weighted by molar-refractivity contribution is -0.870. The molecule has 1 amide bonds. The van der Waals surface area contributed by atoms with E-state index in [1.54, 1.807) is 0 Å². The molecule has 0 saturated carbocycles. The van der Waals surface area contributed by atoms with E-state index in [2.05, 4.69) is 116 Å². The summed E-state index contributed by atoms with van der Waals surface area (Å²) in [7, 11) is 1.57. The highest BCUT2D eigenvalue weighted by atomic mass is 31.2. The van der Waals surface area contributed by atoms with Gasteiger partial charge < -0.3 is 19.8 Å². The lowest BCUT2D eigenvalue weighted by Crippen LogP contribution is -2.46. The summed E-state index contributed by atoms with van der Waals surface area (Å²) in [6.45, 7) is 4.73. The van der Waals surface area contributed by atoms with Gasteiger partial charge in [0.1, 0.15) is 13.2 Å².